The molecule has 0 saturated carbocycles. The molecular formula is C11H8BrClN2O. The molecule has 82 valence electrons. The molecule has 0 atom stereocenters. The molecule has 0 fully saturated rings. The standard InChI is InChI=1S/C11H8BrClN2O/c12-10-5-14-7-15(11(10)16)6-8-1-3-9(13)4-2-8/h1-5,7H,6H2. The average Bonchev–Trinajstić information content (AvgIpc) is 2.28. The first-order valence-corrected chi connectivity index (χ1v) is 5.78. The molecule has 0 radical (unpaired) electrons. The summed E-state index contributed by atoms with van der Waals surface area (Å²) >= 11 is 8.94. The van der Waals surface area contributed by atoms with E-state index in [1.165, 1.54) is 17.1 Å². The maximum Gasteiger partial charge on any atom is 0.267 e. The molecule has 2 rings (SSSR count). The lowest BCUT2D eigenvalue weighted by molar-refractivity contribution is 0.731. The zero-order valence-electron chi connectivity index (χ0n) is 8.23. The minimum atomic E-state index is -0.0926. The van der Waals surface area contributed by atoms with Crippen LogP contribution >= 0.6 is 27.5 Å². The molecule has 1 aromatic heterocycles. The van der Waals surface area contributed by atoms with Crippen molar-refractivity contribution in [3.8, 4) is 0 Å². The normalized spacial score (nSPS) is 10.4. The minimum Gasteiger partial charge on any atom is -0.294 e. The van der Waals surface area contributed by atoms with Crippen molar-refractivity contribution in [1.29, 1.82) is 0 Å². The third-order valence-electron chi connectivity index (χ3n) is 2.13. The fraction of sp³-hybridized carbons (Fsp3) is 0.0909. The Morgan fingerprint density at radius 3 is 2.69 bits per heavy atom. The van der Waals surface area contributed by atoms with Crippen LogP contribution in [-0.2, 0) is 6.54 Å². The van der Waals surface area contributed by atoms with Gasteiger partial charge in [0.05, 0.1) is 12.9 Å². The molecule has 1 aromatic carbocycles. The maximum atomic E-state index is 11.7. The number of hydrogen-bond acceptors (Lipinski definition) is 2. The Labute approximate surface area is 106 Å². The molecule has 1 heterocycles. The van der Waals surface area contributed by atoms with E-state index in [9.17, 15) is 4.79 Å². The molecule has 3 nitrogen and oxygen atoms in total. The predicted octanol–water partition coefficient (Wildman–Crippen LogP) is 2.71. The van der Waals surface area contributed by atoms with Crippen LogP contribution in [0.3, 0.4) is 0 Å². The van der Waals surface area contributed by atoms with Gasteiger partial charge in [0.25, 0.3) is 5.56 Å². The minimum absolute atomic E-state index is 0.0926. The first-order valence-electron chi connectivity index (χ1n) is 4.61. The van der Waals surface area contributed by atoms with Crippen LogP contribution in [0.2, 0.25) is 5.02 Å². The summed E-state index contributed by atoms with van der Waals surface area (Å²) in [6.07, 6.45) is 3.00. The van der Waals surface area contributed by atoms with E-state index in [-0.39, 0.29) is 5.56 Å². The van der Waals surface area contributed by atoms with Crippen LogP contribution < -0.4 is 5.56 Å². The molecule has 5 heteroatoms. The Morgan fingerprint density at radius 1 is 1.31 bits per heavy atom. The van der Waals surface area contributed by atoms with Gasteiger partial charge >= 0.3 is 0 Å². The van der Waals surface area contributed by atoms with Crippen LogP contribution in [0.5, 0.6) is 0 Å². The molecule has 0 spiro atoms. The van der Waals surface area contributed by atoms with E-state index < -0.39 is 0 Å². The number of rotatable bonds is 2. The van der Waals surface area contributed by atoms with Crippen molar-refractivity contribution < 1.29 is 0 Å². The first-order chi connectivity index (χ1) is 7.66. The summed E-state index contributed by atoms with van der Waals surface area (Å²) in [6.45, 7) is 0.489. The second kappa shape index (κ2) is 4.80. The van der Waals surface area contributed by atoms with Gasteiger partial charge in [0.1, 0.15) is 4.47 Å². The molecule has 0 aliphatic rings. The highest BCUT2D eigenvalue weighted by Crippen LogP contribution is 2.10. The molecule has 0 bridgehead atoms. The number of aromatic nitrogens is 2. The monoisotopic (exact) mass is 298 g/mol. The van der Waals surface area contributed by atoms with E-state index >= 15 is 0 Å². The van der Waals surface area contributed by atoms with E-state index in [1.807, 2.05) is 12.1 Å². The van der Waals surface area contributed by atoms with Crippen LogP contribution in [0, 0.1) is 0 Å². The van der Waals surface area contributed by atoms with Crippen LogP contribution in [0.15, 0.2) is 46.1 Å². The molecular weight excluding hydrogens is 291 g/mol. The van der Waals surface area contributed by atoms with E-state index in [4.69, 9.17) is 11.6 Å². The first kappa shape index (κ1) is 11.4. The fourth-order valence-electron chi connectivity index (χ4n) is 1.32. The molecule has 0 aliphatic carbocycles. The molecule has 0 amide bonds. The maximum absolute atomic E-state index is 11.7. The Morgan fingerprint density at radius 2 is 2.00 bits per heavy atom. The van der Waals surface area contributed by atoms with E-state index in [2.05, 4.69) is 20.9 Å². The van der Waals surface area contributed by atoms with Gasteiger partial charge in [-0.3, -0.25) is 9.36 Å². The number of halogens is 2. The number of benzene rings is 1. The highest BCUT2D eigenvalue weighted by Gasteiger charge is 2.01. The lowest BCUT2D eigenvalue weighted by Gasteiger charge is -2.05. The molecule has 16 heavy (non-hydrogen) atoms. The van der Waals surface area contributed by atoms with E-state index in [0.29, 0.717) is 16.0 Å². The largest absolute Gasteiger partial charge is 0.294 e. The quantitative estimate of drug-likeness (QED) is 0.854. The molecule has 0 aliphatic heterocycles. The Hall–Kier alpha value is -1.13. The zero-order chi connectivity index (χ0) is 11.5. The van der Waals surface area contributed by atoms with Crippen molar-refractivity contribution in [2.24, 2.45) is 0 Å². The molecule has 0 N–H and O–H groups in total. The number of hydrogen-bond donors (Lipinski definition) is 0. The predicted molar refractivity (Wildman–Crippen MR) is 66.8 cm³/mol. The summed E-state index contributed by atoms with van der Waals surface area (Å²) in [5, 5.41) is 0.684. The second-order valence-electron chi connectivity index (χ2n) is 3.30. The Kier molecular flexibility index (Phi) is 3.41. The van der Waals surface area contributed by atoms with Crippen molar-refractivity contribution in [2.75, 3.05) is 0 Å². The fourth-order valence-corrected chi connectivity index (χ4v) is 1.80. The Balaban J connectivity index is 2.31. The highest BCUT2D eigenvalue weighted by molar-refractivity contribution is 9.10. The summed E-state index contributed by atoms with van der Waals surface area (Å²) in [5.41, 5.74) is 0.913. The zero-order valence-corrected chi connectivity index (χ0v) is 10.6. The summed E-state index contributed by atoms with van der Waals surface area (Å²) in [4.78, 5) is 15.6. The van der Waals surface area contributed by atoms with Gasteiger partial charge < -0.3 is 0 Å². The van der Waals surface area contributed by atoms with Gasteiger partial charge in [0, 0.05) is 11.2 Å². The van der Waals surface area contributed by atoms with E-state index in [0.717, 1.165) is 5.56 Å². The topological polar surface area (TPSA) is 34.9 Å². The van der Waals surface area contributed by atoms with Crippen molar-refractivity contribution in [3.05, 3.63) is 62.2 Å². The van der Waals surface area contributed by atoms with Gasteiger partial charge in [-0.2, -0.15) is 0 Å². The summed E-state index contributed by atoms with van der Waals surface area (Å²) in [5.74, 6) is 0. The molecule has 2 aromatic rings. The number of nitrogens with zero attached hydrogens (tertiary/aromatic N) is 2. The summed E-state index contributed by atoms with van der Waals surface area (Å²) in [6, 6.07) is 7.37. The third-order valence-corrected chi connectivity index (χ3v) is 2.92. The van der Waals surface area contributed by atoms with Gasteiger partial charge in [-0.05, 0) is 33.6 Å². The van der Waals surface area contributed by atoms with Gasteiger partial charge in [-0.25, -0.2) is 4.98 Å². The molecule has 0 saturated heterocycles. The van der Waals surface area contributed by atoms with E-state index in [1.54, 1.807) is 12.1 Å². The Bertz CT molecular complexity index is 551. The van der Waals surface area contributed by atoms with Crippen molar-refractivity contribution in [3.63, 3.8) is 0 Å². The average molecular weight is 300 g/mol. The van der Waals surface area contributed by atoms with Crippen LogP contribution in [0.25, 0.3) is 0 Å². The van der Waals surface area contributed by atoms with Gasteiger partial charge in [-0.1, -0.05) is 23.7 Å². The van der Waals surface area contributed by atoms with Crippen molar-refractivity contribution in [1.82, 2.24) is 9.55 Å². The van der Waals surface area contributed by atoms with Crippen molar-refractivity contribution >= 4 is 27.5 Å². The summed E-state index contributed by atoms with van der Waals surface area (Å²) < 4.78 is 2.00. The smallest absolute Gasteiger partial charge is 0.267 e. The SMILES string of the molecule is O=c1c(Br)cncn1Cc1ccc(Cl)cc1. The lowest BCUT2D eigenvalue weighted by Crippen LogP contribution is -2.21. The summed E-state index contributed by atoms with van der Waals surface area (Å²) in [7, 11) is 0. The third kappa shape index (κ3) is 2.51. The van der Waals surface area contributed by atoms with Gasteiger partial charge in [0.15, 0.2) is 0 Å². The van der Waals surface area contributed by atoms with Crippen LogP contribution in [0.1, 0.15) is 5.56 Å². The van der Waals surface area contributed by atoms with Gasteiger partial charge in [0.2, 0.25) is 0 Å². The van der Waals surface area contributed by atoms with Crippen LogP contribution in [-0.4, -0.2) is 9.55 Å². The lowest BCUT2D eigenvalue weighted by atomic mass is 10.2. The van der Waals surface area contributed by atoms with Crippen LogP contribution in [0.4, 0.5) is 0 Å². The van der Waals surface area contributed by atoms with Crippen molar-refractivity contribution in [2.45, 2.75) is 6.54 Å². The second-order valence-corrected chi connectivity index (χ2v) is 4.59. The van der Waals surface area contributed by atoms with Gasteiger partial charge in [-0.15, -0.1) is 0 Å². The molecule has 0 unspecified atom stereocenters. The highest BCUT2D eigenvalue weighted by atomic mass is 79.9.